The van der Waals surface area contributed by atoms with Crippen LogP contribution < -0.4 is 0 Å². The lowest BCUT2D eigenvalue weighted by atomic mass is 10.5. The third kappa shape index (κ3) is 2.73. The van der Waals surface area contributed by atoms with Gasteiger partial charge in [-0.2, -0.15) is 0 Å². The van der Waals surface area contributed by atoms with Crippen LogP contribution in [0, 0.1) is 0 Å². The number of nitrogens with zero attached hydrogens (tertiary/aromatic N) is 4. The maximum Gasteiger partial charge on any atom is 0.176 e. The highest BCUT2D eigenvalue weighted by Crippen LogP contribution is 2.14. The highest BCUT2D eigenvalue weighted by molar-refractivity contribution is 7.90. The predicted octanol–water partition coefficient (Wildman–Crippen LogP) is 0.328. The van der Waals surface area contributed by atoms with Crippen LogP contribution in [0.5, 0.6) is 0 Å². The molecule has 0 unspecified atom stereocenters. The summed E-state index contributed by atoms with van der Waals surface area (Å²) in [7, 11) is -1.10. The van der Waals surface area contributed by atoms with E-state index in [2.05, 4.69) is 9.97 Å². The van der Waals surface area contributed by atoms with Gasteiger partial charge in [-0.1, -0.05) is 0 Å². The Labute approximate surface area is 99.9 Å². The fourth-order valence-electron chi connectivity index (χ4n) is 1.54. The van der Waals surface area contributed by atoms with E-state index in [9.17, 15) is 8.42 Å². The Balaban J connectivity index is 2.27. The molecule has 2 aromatic heterocycles. The van der Waals surface area contributed by atoms with Gasteiger partial charge < -0.3 is 9.13 Å². The summed E-state index contributed by atoms with van der Waals surface area (Å²) in [6, 6.07) is 0. The second kappa shape index (κ2) is 4.33. The van der Waals surface area contributed by atoms with Crippen molar-refractivity contribution in [3.8, 4) is 11.6 Å². The summed E-state index contributed by atoms with van der Waals surface area (Å²) in [5, 5.41) is 0. The standard InChI is InChI=1S/C10H14N4O2S/c1-13-5-3-11-9(13)10-12-4-6-14(10)7-8-17(2,15)16/h3-6H,7-8H2,1-2H3. The van der Waals surface area contributed by atoms with E-state index in [0.29, 0.717) is 12.4 Å². The van der Waals surface area contributed by atoms with E-state index in [4.69, 9.17) is 0 Å². The van der Waals surface area contributed by atoms with E-state index in [-0.39, 0.29) is 5.75 Å². The number of sulfone groups is 1. The molecule has 0 radical (unpaired) electrons. The number of hydrogen-bond donors (Lipinski definition) is 0. The molecule has 0 aliphatic carbocycles. The lowest BCUT2D eigenvalue weighted by molar-refractivity contribution is 0.595. The Hall–Kier alpha value is -1.63. The van der Waals surface area contributed by atoms with Gasteiger partial charge in [-0.05, 0) is 0 Å². The SMILES string of the molecule is Cn1ccnc1-c1nccn1CCS(C)(=O)=O. The second-order valence-electron chi connectivity index (χ2n) is 3.94. The summed E-state index contributed by atoms with van der Waals surface area (Å²) in [6.45, 7) is 0.390. The minimum absolute atomic E-state index is 0.0980. The van der Waals surface area contributed by atoms with Crippen LogP contribution in [0.3, 0.4) is 0 Å². The molecular weight excluding hydrogens is 240 g/mol. The Kier molecular flexibility index (Phi) is 3.01. The quantitative estimate of drug-likeness (QED) is 0.788. The molecule has 2 rings (SSSR count). The molecule has 0 aromatic carbocycles. The zero-order valence-corrected chi connectivity index (χ0v) is 10.6. The van der Waals surface area contributed by atoms with Crippen molar-refractivity contribution in [2.45, 2.75) is 6.54 Å². The van der Waals surface area contributed by atoms with Gasteiger partial charge in [0.05, 0.1) is 5.75 Å². The van der Waals surface area contributed by atoms with Gasteiger partial charge in [-0.15, -0.1) is 0 Å². The lowest BCUT2D eigenvalue weighted by Gasteiger charge is -2.06. The van der Waals surface area contributed by atoms with Gasteiger partial charge in [0.15, 0.2) is 11.6 Å². The van der Waals surface area contributed by atoms with Crippen molar-refractivity contribution in [3.05, 3.63) is 24.8 Å². The van der Waals surface area contributed by atoms with Crippen LogP contribution in [-0.4, -0.2) is 39.5 Å². The van der Waals surface area contributed by atoms with Gasteiger partial charge in [-0.3, -0.25) is 0 Å². The molecule has 2 aromatic rings. The minimum atomic E-state index is -2.97. The fourth-order valence-corrected chi connectivity index (χ4v) is 2.07. The van der Waals surface area contributed by atoms with Crippen molar-refractivity contribution in [2.75, 3.05) is 12.0 Å². The van der Waals surface area contributed by atoms with E-state index in [0.717, 1.165) is 5.82 Å². The Morgan fingerprint density at radius 1 is 1.18 bits per heavy atom. The van der Waals surface area contributed by atoms with E-state index in [1.807, 2.05) is 17.8 Å². The normalized spacial score (nSPS) is 11.9. The number of rotatable bonds is 4. The smallest absolute Gasteiger partial charge is 0.176 e. The summed E-state index contributed by atoms with van der Waals surface area (Å²) >= 11 is 0. The lowest BCUT2D eigenvalue weighted by Crippen LogP contribution is -2.12. The number of aryl methyl sites for hydroxylation is 2. The predicted molar refractivity (Wildman–Crippen MR) is 64.1 cm³/mol. The van der Waals surface area contributed by atoms with E-state index >= 15 is 0 Å². The summed E-state index contributed by atoms with van der Waals surface area (Å²) in [5.41, 5.74) is 0. The molecule has 0 saturated carbocycles. The second-order valence-corrected chi connectivity index (χ2v) is 6.20. The summed E-state index contributed by atoms with van der Waals surface area (Å²) < 4.78 is 25.9. The first-order valence-corrected chi connectivity index (χ1v) is 7.20. The molecule has 0 amide bonds. The molecule has 6 nitrogen and oxygen atoms in total. The van der Waals surface area contributed by atoms with Gasteiger partial charge in [0, 0.05) is 44.6 Å². The molecule has 0 spiro atoms. The molecule has 0 saturated heterocycles. The van der Waals surface area contributed by atoms with Gasteiger partial charge in [0.1, 0.15) is 9.84 Å². The van der Waals surface area contributed by atoms with Gasteiger partial charge in [0.25, 0.3) is 0 Å². The number of imidazole rings is 2. The van der Waals surface area contributed by atoms with Crippen molar-refractivity contribution in [2.24, 2.45) is 7.05 Å². The van der Waals surface area contributed by atoms with Gasteiger partial charge in [-0.25, -0.2) is 18.4 Å². The Bertz CT molecular complexity index is 612. The van der Waals surface area contributed by atoms with E-state index in [1.54, 1.807) is 23.2 Å². The van der Waals surface area contributed by atoms with Crippen LogP contribution in [0.4, 0.5) is 0 Å². The van der Waals surface area contributed by atoms with Crippen LogP contribution in [0.2, 0.25) is 0 Å². The van der Waals surface area contributed by atoms with Gasteiger partial charge in [0.2, 0.25) is 0 Å². The van der Waals surface area contributed by atoms with Crippen LogP contribution in [-0.2, 0) is 23.4 Å². The summed E-state index contributed by atoms with van der Waals surface area (Å²) in [5.74, 6) is 1.51. The zero-order chi connectivity index (χ0) is 12.5. The molecule has 0 bridgehead atoms. The van der Waals surface area contributed by atoms with Crippen LogP contribution in [0.1, 0.15) is 0 Å². The Morgan fingerprint density at radius 2 is 1.82 bits per heavy atom. The topological polar surface area (TPSA) is 69.8 Å². The van der Waals surface area contributed by atoms with E-state index in [1.165, 1.54) is 6.26 Å². The highest BCUT2D eigenvalue weighted by atomic mass is 32.2. The van der Waals surface area contributed by atoms with Gasteiger partial charge >= 0.3 is 0 Å². The molecule has 0 N–H and O–H groups in total. The first-order valence-electron chi connectivity index (χ1n) is 5.14. The van der Waals surface area contributed by atoms with Crippen molar-refractivity contribution in [1.29, 1.82) is 0 Å². The number of hydrogen-bond acceptors (Lipinski definition) is 4. The molecular formula is C10H14N4O2S. The third-order valence-corrected chi connectivity index (χ3v) is 3.36. The summed E-state index contributed by atoms with van der Waals surface area (Å²) in [4.78, 5) is 8.40. The average Bonchev–Trinajstić information content (AvgIpc) is 2.81. The molecule has 0 aliphatic heterocycles. The monoisotopic (exact) mass is 254 g/mol. The molecule has 92 valence electrons. The zero-order valence-electron chi connectivity index (χ0n) is 9.74. The van der Waals surface area contributed by atoms with Crippen molar-refractivity contribution < 1.29 is 8.42 Å². The average molecular weight is 254 g/mol. The maximum absolute atomic E-state index is 11.1. The highest BCUT2D eigenvalue weighted by Gasteiger charge is 2.11. The van der Waals surface area contributed by atoms with Crippen molar-refractivity contribution in [3.63, 3.8) is 0 Å². The maximum atomic E-state index is 11.1. The molecule has 17 heavy (non-hydrogen) atoms. The third-order valence-electron chi connectivity index (χ3n) is 2.44. The molecule has 2 heterocycles. The number of aromatic nitrogens is 4. The van der Waals surface area contributed by atoms with Crippen LogP contribution in [0.25, 0.3) is 11.6 Å². The first kappa shape index (κ1) is 11.8. The molecule has 0 aliphatic rings. The minimum Gasteiger partial charge on any atom is -0.331 e. The largest absolute Gasteiger partial charge is 0.331 e. The molecule has 0 atom stereocenters. The Morgan fingerprint density at radius 3 is 2.41 bits per heavy atom. The van der Waals surface area contributed by atoms with Crippen molar-refractivity contribution in [1.82, 2.24) is 19.1 Å². The summed E-state index contributed by atoms with van der Waals surface area (Å²) in [6.07, 6.45) is 8.14. The van der Waals surface area contributed by atoms with Crippen LogP contribution in [0.15, 0.2) is 24.8 Å². The van der Waals surface area contributed by atoms with Crippen molar-refractivity contribution >= 4 is 9.84 Å². The first-order chi connectivity index (χ1) is 7.97. The molecule has 7 heteroatoms. The fraction of sp³-hybridized carbons (Fsp3) is 0.400. The molecule has 0 fully saturated rings. The van der Waals surface area contributed by atoms with E-state index < -0.39 is 9.84 Å². The van der Waals surface area contributed by atoms with Crippen LogP contribution >= 0.6 is 0 Å².